The highest BCUT2D eigenvalue weighted by molar-refractivity contribution is 7.90. The molecule has 4 heteroatoms. The Morgan fingerprint density at radius 3 is 2.09 bits per heavy atom. The van der Waals surface area contributed by atoms with E-state index in [1.54, 1.807) is 0 Å². The first-order chi connectivity index (χ1) is 4.83. The standard InChI is InChI=1S/C7H15ClO2S/c1-6(7(2)8)4-5-11(3,9)10/h6-7H,4-5H2,1-3H3. The van der Waals surface area contributed by atoms with Crippen LogP contribution in [-0.2, 0) is 9.84 Å². The van der Waals surface area contributed by atoms with E-state index < -0.39 is 9.84 Å². The zero-order chi connectivity index (χ0) is 9.07. The summed E-state index contributed by atoms with van der Waals surface area (Å²) >= 11 is 5.76. The maximum absolute atomic E-state index is 10.7. The van der Waals surface area contributed by atoms with Crippen LogP contribution in [0.1, 0.15) is 20.3 Å². The Kier molecular flexibility index (Phi) is 4.41. The van der Waals surface area contributed by atoms with Gasteiger partial charge in [0.15, 0.2) is 0 Å². The second-order valence-corrected chi connectivity index (χ2v) is 6.02. The number of alkyl halides is 1. The van der Waals surface area contributed by atoms with Crippen LogP contribution in [0, 0.1) is 5.92 Å². The molecule has 0 radical (unpaired) electrons. The highest BCUT2D eigenvalue weighted by Crippen LogP contribution is 2.13. The molecular weight excluding hydrogens is 184 g/mol. The average Bonchev–Trinajstić information content (AvgIpc) is 1.80. The average molecular weight is 199 g/mol. The minimum atomic E-state index is -2.81. The summed E-state index contributed by atoms with van der Waals surface area (Å²) in [6.45, 7) is 3.84. The number of hydrogen-bond donors (Lipinski definition) is 0. The molecule has 68 valence electrons. The molecule has 0 aliphatic carbocycles. The predicted molar refractivity (Wildman–Crippen MR) is 48.8 cm³/mol. The molecule has 11 heavy (non-hydrogen) atoms. The van der Waals surface area contributed by atoms with E-state index in [0.29, 0.717) is 6.42 Å². The minimum absolute atomic E-state index is 0.0525. The first-order valence-electron chi connectivity index (χ1n) is 3.64. The van der Waals surface area contributed by atoms with Crippen LogP contribution in [0.25, 0.3) is 0 Å². The van der Waals surface area contributed by atoms with E-state index in [4.69, 9.17) is 11.6 Å². The molecule has 0 aliphatic rings. The van der Waals surface area contributed by atoms with Crippen molar-refractivity contribution in [3.63, 3.8) is 0 Å². The normalized spacial score (nSPS) is 17.8. The van der Waals surface area contributed by atoms with Crippen LogP contribution in [0.4, 0.5) is 0 Å². The monoisotopic (exact) mass is 198 g/mol. The molecule has 0 aromatic carbocycles. The van der Waals surface area contributed by atoms with Gasteiger partial charge in [0.2, 0.25) is 0 Å². The van der Waals surface area contributed by atoms with Gasteiger partial charge in [-0.15, -0.1) is 11.6 Å². The molecule has 2 nitrogen and oxygen atoms in total. The van der Waals surface area contributed by atoms with Crippen molar-refractivity contribution in [2.24, 2.45) is 5.92 Å². The molecule has 0 saturated heterocycles. The molecule has 0 amide bonds. The second-order valence-electron chi connectivity index (χ2n) is 3.07. The summed E-state index contributed by atoms with van der Waals surface area (Å²) < 4.78 is 21.4. The third-order valence-corrected chi connectivity index (χ3v) is 3.14. The Bertz CT molecular complexity index is 196. The molecule has 0 rings (SSSR count). The molecular formula is C7H15ClO2S. The maximum Gasteiger partial charge on any atom is 0.147 e. The molecule has 0 N–H and O–H groups in total. The van der Waals surface area contributed by atoms with E-state index in [1.807, 2.05) is 13.8 Å². The molecule has 0 aliphatic heterocycles. The lowest BCUT2D eigenvalue weighted by molar-refractivity contribution is 0.540. The highest BCUT2D eigenvalue weighted by atomic mass is 35.5. The van der Waals surface area contributed by atoms with E-state index in [-0.39, 0.29) is 17.0 Å². The molecule has 2 atom stereocenters. The third-order valence-electron chi connectivity index (χ3n) is 1.73. The van der Waals surface area contributed by atoms with Gasteiger partial charge in [0.05, 0.1) is 5.75 Å². The largest absolute Gasteiger partial charge is 0.229 e. The summed E-state index contributed by atoms with van der Waals surface area (Å²) in [5.74, 6) is 0.511. The van der Waals surface area contributed by atoms with E-state index >= 15 is 0 Å². The zero-order valence-corrected chi connectivity index (χ0v) is 8.74. The van der Waals surface area contributed by atoms with Crippen molar-refractivity contribution in [3.8, 4) is 0 Å². The van der Waals surface area contributed by atoms with E-state index in [2.05, 4.69) is 0 Å². The van der Waals surface area contributed by atoms with Gasteiger partial charge < -0.3 is 0 Å². The van der Waals surface area contributed by atoms with E-state index in [9.17, 15) is 8.42 Å². The van der Waals surface area contributed by atoms with Gasteiger partial charge in [0.25, 0.3) is 0 Å². The maximum atomic E-state index is 10.7. The summed E-state index contributed by atoms with van der Waals surface area (Å²) in [5.41, 5.74) is 0. The van der Waals surface area contributed by atoms with Crippen molar-refractivity contribution in [2.75, 3.05) is 12.0 Å². The summed E-state index contributed by atoms with van der Waals surface area (Å²) in [4.78, 5) is 0. The van der Waals surface area contributed by atoms with Crippen LogP contribution in [-0.4, -0.2) is 25.8 Å². The molecule has 0 aromatic rings. The minimum Gasteiger partial charge on any atom is -0.229 e. The third kappa shape index (κ3) is 6.63. The van der Waals surface area contributed by atoms with Gasteiger partial charge in [0, 0.05) is 11.6 Å². The lowest BCUT2D eigenvalue weighted by atomic mass is 10.1. The molecule has 0 bridgehead atoms. The van der Waals surface area contributed by atoms with Crippen molar-refractivity contribution in [1.29, 1.82) is 0 Å². The van der Waals surface area contributed by atoms with Gasteiger partial charge in [0.1, 0.15) is 9.84 Å². The van der Waals surface area contributed by atoms with Gasteiger partial charge in [-0.1, -0.05) is 6.92 Å². The lowest BCUT2D eigenvalue weighted by Crippen LogP contribution is -2.13. The lowest BCUT2D eigenvalue weighted by Gasteiger charge is -2.11. The topological polar surface area (TPSA) is 34.1 Å². The summed E-state index contributed by atoms with van der Waals surface area (Å²) in [5, 5.41) is 0.0525. The van der Waals surface area contributed by atoms with Gasteiger partial charge in [-0.05, 0) is 19.3 Å². The van der Waals surface area contributed by atoms with Gasteiger partial charge >= 0.3 is 0 Å². The fraction of sp³-hybridized carbons (Fsp3) is 1.00. The highest BCUT2D eigenvalue weighted by Gasteiger charge is 2.11. The number of halogens is 1. The van der Waals surface area contributed by atoms with Crippen LogP contribution in [0.2, 0.25) is 0 Å². The Balaban J connectivity index is 3.72. The second kappa shape index (κ2) is 4.31. The summed E-state index contributed by atoms with van der Waals surface area (Å²) in [7, 11) is -2.81. The Morgan fingerprint density at radius 2 is 1.82 bits per heavy atom. The van der Waals surface area contributed by atoms with Crippen LogP contribution in [0.15, 0.2) is 0 Å². The van der Waals surface area contributed by atoms with Gasteiger partial charge in [-0.2, -0.15) is 0 Å². The number of hydrogen-bond acceptors (Lipinski definition) is 2. The van der Waals surface area contributed by atoms with Crippen molar-refractivity contribution < 1.29 is 8.42 Å². The SMILES string of the molecule is CC(Cl)C(C)CCS(C)(=O)=O. The first-order valence-corrected chi connectivity index (χ1v) is 6.14. The zero-order valence-electron chi connectivity index (χ0n) is 7.17. The molecule has 0 spiro atoms. The Labute approximate surface area is 73.9 Å². The van der Waals surface area contributed by atoms with Crippen LogP contribution >= 0.6 is 11.6 Å². The fourth-order valence-corrected chi connectivity index (χ4v) is 1.56. The Hall–Kier alpha value is 0.240. The fourth-order valence-electron chi connectivity index (χ4n) is 0.630. The van der Waals surface area contributed by atoms with Crippen LogP contribution in [0.3, 0.4) is 0 Å². The van der Waals surface area contributed by atoms with Crippen LogP contribution < -0.4 is 0 Å². The number of rotatable bonds is 4. The first kappa shape index (κ1) is 11.2. The van der Waals surface area contributed by atoms with Crippen molar-refractivity contribution >= 4 is 21.4 Å². The molecule has 0 aromatic heterocycles. The summed E-state index contributed by atoms with van der Waals surface area (Å²) in [6, 6.07) is 0. The molecule has 0 fully saturated rings. The van der Waals surface area contributed by atoms with Crippen molar-refractivity contribution in [1.82, 2.24) is 0 Å². The van der Waals surface area contributed by atoms with Crippen molar-refractivity contribution in [3.05, 3.63) is 0 Å². The van der Waals surface area contributed by atoms with E-state index in [0.717, 1.165) is 0 Å². The van der Waals surface area contributed by atoms with Crippen molar-refractivity contribution in [2.45, 2.75) is 25.6 Å². The van der Waals surface area contributed by atoms with E-state index in [1.165, 1.54) is 6.26 Å². The predicted octanol–water partition coefficient (Wildman–Crippen LogP) is 1.68. The van der Waals surface area contributed by atoms with Crippen LogP contribution in [0.5, 0.6) is 0 Å². The van der Waals surface area contributed by atoms with Gasteiger partial charge in [-0.3, -0.25) is 0 Å². The Morgan fingerprint density at radius 1 is 1.36 bits per heavy atom. The summed E-state index contributed by atoms with van der Waals surface area (Å²) in [6.07, 6.45) is 1.90. The smallest absolute Gasteiger partial charge is 0.147 e. The molecule has 2 unspecified atom stereocenters. The quantitative estimate of drug-likeness (QED) is 0.645. The molecule has 0 saturated carbocycles. The van der Waals surface area contributed by atoms with Gasteiger partial charge in [-0.25, -0.2) is 8.42 Å². The molecule has 0 heterocycles. The number of sulfone groups is 1.